The van der Waals surface area contributed by atoms with Gasteiger partial charge < -0.3 is 4.90 Å². The largest absolute Gasteiger partial charge is 0.343 e. The number of amides is 1. The highest BCUT2D eigenvalue weighted by molar-refractivity contribution is 5.77. The predicted octanol–water partition coefficient (Wildman–Crippen LogP) is 4.36. The third kappa shape index (κ3) is 4.09. The SMILES string of the molecule is CCN(CC)C(=O)C[C@@H]1CC2(CCN(Cc3ccncc3)CC2)c2ccccc21. The lowest BCUT2D eigenvalue weighted by molar-refractivity contribution is -0.131. The summed E-state index contributed by atoms with van der Waals surface area (Å²) in [5.74, 6) is 0.674. The Morgan fingerprint density at radius 2 is 1.79 bits per heavy atom. The third-order valence-corrected chi connectivity index (χ3v) is 7.11. The fraction of sp³-hybridized carbons (Fsp3) is 0.520. The Morgan fingerprint density at radius 3 is 2.48 bits per heavy atom. The first-order valence-corrected chi connectivity index (χ1v) is 11.1. The van der Waals surface area contributed by atoms with Crippen LogP contribution < -0.4 is 0 Å². The summed E-state index contributed by atoms with van der Waals surface area (Å²) >= 11 is 0. The first kappa shape index (κ1) is 20.1. The highest BCUT2D eigenvalue weighted by atomic mass is 16.2. The highest BCUT2D eigenvalue weighted by Gasteiger charge is 2.45. The van der Waals surface area contributed by atoms with E-state index in [-0.39, 0.29) is 5.41 Å². The van der Waals surface area contributed by atoms with Gasteiger partial charge in [0.2, 0.25) is 5.91 Å². The molecule has 1 saturated heterocycles. The Balaban J connectivity index is 1.47. The fourth-order valence-corrected chi connectivity index (χ4v) is 5.48. The molecule has 1 atom stereocenters. The number of pyridine rings is 1. The van der Waals surface area contributed by atoms with E-state index in [2.05, 4.69) is 60.1 Å². The minimum Gasteiger partial charge on any atom is -0.343 e. The maximum Gasteiger partial charge on any atom is 0.223 e. The van der Waals surface area contributed by atoms with Crippen molar-refractivity contribution >= 4 is 5.91 Å². The summed E-state index contributed by atoms with van der Waals surface area (Å²) in [6, 6.07) is 13.2. The van der Waals surface area contributed by atoms with Crippen molar-refractivity contribution in [3.05, 3.63) is 65.5 Å². The molecule has 2 heterocycles. The van der Waals surface area contributed by atoms with Crippen LogP contribution in [-0.4, -0.2) is 46.9 Å². The Kier molecular flexibility index (Phi) is 6.00. The van der Waals surface area contributed by atoms with Gasteiger partial charge in [0.05, 0.1) is 0 Å². The van der Waals surface area contributed by atoms with Crippen molar-refractivity contribution < 1.29 is 4.79 Å². The summed E-state index contributed by atoms with van der Waals surface area (Å²) in [5, 5.41) is 0. The Bertz CT molecular complexity index is 823. The average Bonchev–Trinajstić information content (AvgIpc) is 3.05. The zero-order valence-corrected chi connectivity index (χ0v) is 17.8. The van der Waals surface area contributed by atoms with E-state index in [4.69, 9.17) is 0 Å². The van der Waals surface area contributed by atoms with Crippen LogP contribution >= 0.6 is 0 Å². The van der Waals surface area contributed by atoms with Crippen LogP contribution in [0.4, 0.5) is 0 Å². The Labute approximate surface area is 174 Å². The van der Waals surface area contributed by atoms with Gasteiger partial charge in [0, 0.05) is 38.4 Å². The number of fused-ring (bicyclic) bond motifs is 2. The van der Waals surface area contributed by atoms with Crippen molar-refractivity contribution in [1.82, 2.24) is 14.8 Å². The second-order valence-electron chi connectivity index (χ2n) is 8.67. The first-order valence-electron chi connectivity index (χ1n) is 11.1. The van der Waals surface area contributed by atoms with Gasteiger partial charge in [0.1, 0.15) is 0 Å². The van der Waals surface area contributed by atoms with Crippen LogP contribution in [0, 0.1) is 0 Å². The quantitative estimate of drug-likeness (QED) is 0.734. The molecule has 1 aliphatic carbocycles. The van der Waals surface area contributed by atoms with Crippen LogP contribution in [0.15, 0.2) is 48.8 Å². The molecule has 0 unspecified atom stereocenters. The van der Waals surface area contributed by atoms with Gasteiger partial charge in [0.25, 0.3) is 0 Å². The normalized spacial score (nSPS) is 20.6. The van der Waals surface area contributed by atoms with Gasteiger partial charge in [-0.3, -0.25) is 14.7 Å². The van der Waals surface area contributed by atoms with E-state index in [1.807, 2.05) is 17.3 Å². The van der Waals surface area contributed by atoms with Crippen molar-refractivity contribution in [3.63, 3.8) is 0 Å². The van der Waals surface area contributed by atoms with Crippen molar-refractivity contribution in [3.8, 4) is 0 Å². The smallest absolute Gasteiger partial charge is 0.223 e. The number of carbonyl (C=O) groups excluding carboxylic acids is 1. The molecule has 0 saturated carbocycles. The average molecular weight is 392 g/mol. The van der Waals surface area contributed by atoms with E-state index in [1.165, 1.54) is 29.5 Å². The molecule has 29 heavy (non-hydrogen) atoms. The summed E-state index contributed by atoms with van der Waals surface area (Å²) < 4.78 is 0. The maximum absolute atomic E-state index is 12.8. The zero-order chi connectivity index (χ0) is 20.3. The molecule has 1 spiro atoms. The van der Waals surface area contributed by atoms with E-state index >= 15 is 0 Å². The van der Waals surface area contributed by atoms with Crippen molar-refractivity contribution in [2.24, 2.45) is 0 Å². The minimum absolute atomic E-state index is 0.250. The Hall–Kier alpha value is -2.20. The van der Waals surface area contributed by atoms with Gasteiger partial charge in [0.15, 0.2) is 0 Å². The van der Waals surface area contributed by atoms with Gasteiger partial charge >= 0.3 is 0 Å². The van der Waals surface area contributed by atoms with Gasteiger partial charge in [-0.1, -0.05) is 24.3 Å². The van der Waals surface area contributed by atoms with E-state index in [0.717, 1.165) is 39.1 Å². The van der Waals surface area contributed by atoms with Crippen LogP contribution in [-0.2, 0) is 16.8 Å². The van der Waals surface area contributed by atoms with E-state index in [0.29, 0.717) is 18.2 Å². The molecule has 4 nitrogen and oxygen atoms in total. The molecule has 1 aromatic heterocycles. The van der Waals surface area contributed by atoms with Crippen LogP contribution in [0.3, 0.4) is 0 Å². The molecule has 1 aliphatic heterocycles. The lowest BCUT2D eigenvalue weighted by Crippen LogP contribution is -2.41. The van der Waals surface area contributed by atoms with Crippen LogP contribution in [0.1, 0.15) is 62.1 Å². The van der Waals surface area contributed by atoms with E-state index < -0.39 is 0 Å². The number of hydrogen-bond donors (Lipinski definition) is 0. The summed E-state index contributed by atoms with van der Waals surface area (Å²) in [5.41, 5.74) is 4.53. The van der Waals surface area contributed by atoms with Crippen LogP contribution in [0.25, 0.3) is 0 Å². The number of benzene rings is 1. The molecular formula is C25H33N3O. The standard InChI is InChI=1S/C25H33N3O/c1-3-28(4-2)24(29)17-21-18-25(23-8-6-5-7-22(21)23)11-15-27(16-12-25)19-20-9-13-26-14-10-20/h5-10,13-14,21H,3-4,11-12,15-19H2,1-2H3/t21-/m1/s1. The maximum atomic E-state index is 12.8. The number of hydrogen-bond acceptors (Lipinski definition) is 3. The number of nitrogens with zero attached hydrogens (tertiary/aromatic N) is 3. The Morgan fingerprint density at radius 1 is 1.10 bits per heavy atom. The predicted molar refractivity (Wildman–Crippen MR) is 117 cm³/mol. The molecule has 154 valence electrons. The zero-order valence-electron chi connectivity index (χ0n) is 17.8. The van der Waals surface area contributed by atoms with Crippen molar-refractivity contribution in [2.75, 3.05) is 26.2 Å². The molecule has 0 bridgehead atoms. The van der Waals surface area contributed by atoms with Gasteiger partial charge in [-0.2, -0.15) is 0 Å². The molecule has 4 heteroatoms. The lowest BCUT2D eigenvalue weighted by atomic mass is 9.73. The van der Waals surface area contributed by atoms with Gasteiger partial charge in [-0.05, 0) is 86.4 Å². The molecule has 1 amide bonds. The third-order valence-electron chi connectivity index (χ3n) is 7.11. The minimum atomic E-state index is 0.250. The second kappa shape index (κ2) is 8.66. The number of carbonyl (C=O) groups is 1. The highest BCUT2D eigenvalue weighted by Crippen LogP contribution is 2.52. The molecule has 1 aromatic carbocycles. The van der Waals surface area contributed by atoms with Crippen LogP contribution in [0.2, 0.25) is 0 Å². The van der Waals surface area contributed by atoms with E-state index in [1.54, 1.807) is 0 Å². The van der Waals surface area contributed by atoms with Gasteiger partial charge in [-0.15, -0.1) is 0 Å². The molecule has 4 rings (SSSR count). The summed E-state index contributed by atoms with van der Waals surface area (Å²) in [4.78, 5) is 21.5. The monoisotopic (exact) mass is 391 g/mol. The molecular weight excluding hydrogens is 358 g/mol. The van der Waals surface area contributed by atoms with Gasteiger partial charge in [-0.25, -0.2) is 0 Å². The van der Waals surface area contributed by atoms with Crippen LogP contribution in [0.5, 0.6) is 0 Å². The molecule has 1 fully saturated rings. The molecule has 2 aliphatic rings. The first-order chi connectivity index (χ1) is 14.1. The number of aromatic nitrogens is 1. The van der Waals surface area contributed by atoms with Crippen molar-refractivity contribution in [1.29, 1.82) is 0 Å². The summed E-state index contributed by atoms with van der Waals surface area (Å²) in [6.45, 7) is 9.00. The molecule has 2 aromatic rings. The lowest BCUT2D eigenvalue weighted by Gasteiger charge is -2.40. The van der Waals surface area contributed by atoms with Crippen molar-refractivity contribution in [2.45, 2.75) is 57.4 Å². The number of rotatable bonds is 6. The number of likely N-dealkylation sites (tertiary alicyclic amines) is 1. The molecule has 0 radical (unpaired) electrons. The number of piperidine rings is 1. The summed E-state index contributed by atoms with van der Waals surface area (Å²) in [7, 11) is 0. The summed E-state index contributed by atoms with van der Waals surface area (Å²) in [6.07, 6.45) is 7.91. The molecule has 0 N–H and O–H groups in total. The topological polar surface area (TPSA) is 36.4 Å². The second-order valence-corrected chi connectivity index (χ2v) is 8.67. The van der Waals surface area contributed by atoms with E-state index in [9.17, 15) is 4.79 Å². The fourth-order valence-electron chi connectivity index (χ4n) is 5.48.